The number of hydrogen-bond donors (Lipinski definition) is 2. The molecule has 0 aliphatic heterocycles. The molecular formula is C10H14F2O3Si. The number of aryl methyl sites for hydroxylation is 1. The monoisotopic (exact) mass is 248 g/mol. The van der Waals surface area contributed by atoms with Crippen LogP contribution in [0.25, 0.3) is 0 Å². The first kappa shape index (κ1) is 13.2. The smallest absolute Gasteiger partial charge is 0.390 e. The van der Waals surface area contributed by atoms with E-state index in [0.29, 0.717) is 18.4 Å². The number of halogens is 2. The molecule has 0 bridgehead atoms. The van der Waals surface area contributed by atoms with Gasteiger partial charge in [0, 0.05) is 19.2 Å². The Morgan fingerprint density at radius 1 is 1.31 bits per heavy atom. The molecule has 0 aliphatic carbocycles. The zero-order chi connectivity index (χ0) is 12.2. The van der Waals surface area contributed by atoms with Gasteiger partial charge >= 0.3 is 8.80 Å². The average molecular weight is 248 g/mol. The summed E-state index contributed by atoms with van der Waals surface area (Å²) in [7, 11) is -2.33. The third-order valence-electron chi connectivity index (χ3n) is 2.29. The van der Waals surface area contributed by atoms with Gasteiger partial charge in [-0.3, -0.25) is 0 Å². The highest BCUT2D eigenvalue weighted by molar-refractivity contribution is 6.57. The predicted octanol–water partition coefficient (Wildman–Crippen LogP) is 1.47. The molecule has 1 rings (SSSR count). The molecule has 0 amide bonds. The third-order valence-corrected chi connectivity index (χ3v) is 3.95. The van der Waals surface area contributed by atoms with Gasteiger partial charge in [-0.1, -0.05) is 6.07 Å². The van der Waals surface area contributed by atoms with E-state index in [0.717, 1.165) is 6.07 Å². The van der Waals surface area contributed by atoms with Gasteiger partial charge in [0.2, 0.25) is 0 Å². The van der Waals surface area contributed by atoms with Crippen LogP contribution in [0.4, 0.5) is 8.78 Å². The number of benzene rings is 1. The topological polar surface area (TPSA) is 49.7 Å². The Labute approximate surface area is 93.7 Å². The predicted molar refractivity (Wildman–Crippen MR) is 56.7 cm³/mol. The molecule has 90 valence electrons. The van der Waals surface area contributed by atoms with E-state index in [4.69, 9.17) is 0 Å². The van der Waals surface area contributed by atoms with Crippen LogP contribution in [-0.2, 0) is 10.8 Å². The van der Waals surface area contributed by atoms with E-state index >= 15 is 0 Å². The van der Waals surface area contributed by atoms with Gasteiger partial charge < -0.3 is 14.0 Å². The Morgan fingerprint density at radius 3 is 2.56 bits per heavy atom. The maximum atomic E-state index is 13.2. The molecule has 0 saturated carbocycles. The Balaban J connectivity index is 2.49. The maximum Gasteiger partial charge on any atom is 0.495 e. The van der Waals surface area contributed by atoms with Crippen LogP contribution in [0, 0.1) is 11.6 Å². The van der Waals surface area contributed by atoms with Gasteiger partial charge in [0.1, 0.15) is 11.6 Å². The summed E-state index contributed by atoms with van der Waals surface area (Å²) in [4.78, 5) is 18.5. The maximum absolute atomic E-state index is 13.2. The summed E-state index contributed by atoms with van der Waals surface area (Å²) >= 11 is 0. The van der Waals surface area contributed by atoms with Crippen LogP contribution >= 0.6 is 0 Å². The lowest BCUT2D eigenvalue weighted by molar-refractivity contribution is 0.184. The fourth-order valence-corrected chi connectivity index (χ4v) is 2.18. The van der Waals surface area contributed by atoms with Gasteiger partial charge in [-0.25, -0.2) is 8.78 Å². The highest BCUT2D eigenvalue weighted by Crippen LogP contribution is 2.15. The molecule has 0 aliphatic rings. The van der Waals surface area contributed by atoms with Crippen LogP contribution in [0.5, 0.6) is 0 Å². The van der Waals surface area contributed by atoms with Crippen LogP contribution in [-0.4, -0.2) is 25.5 Å². The minimum absolute atomic E-state index is 0.0975. The molecule has 0 radical (unpaired) electrons. The van der Waals surface area contributed by atoms with Gasteiger partial charge in [0.05, 0.1) is 0 Å². The summed E-state index contributed by atoms with van der Waals surface area (Å²) in [6.07, 6.45) is 0.709. The number of rotatable bonds is 5. The van der Waals surface area contributed by atoms with Gasteiger partial charge in [-0.05, 0) is 24.5 Å². The van der Waals surface area contributed by atoms with Gasteiger partial charge in [0.25, 0.3) is 0 Å². The first-order valence-electron chi connectivity index (χ1n) is 4.88. The third kappa shape index (κ3) is 3.97. The van der Waals surface area contributed by atoms with Crippen molar-refractivity contribution in [2.24, 2.45) is 0 Å². The molecule has 3 nitrogen and oxygen atoms in total. The Hall–Kier alpha value is -0.823. The van der Waals surface area contributed by atoms with Crippen molar-refractivity contribution in [2.45, 2.75) is 18.9 Å². The fourth-order valence-electron chi connectivity index (χ4n) is 1.34. The van der Waals surface area contributed by atoms with Crippen molar-refractivity contribution in [3.8, 4) is 0 Å². The van der Waals surface area contributed by atoms with E-state index in [1.165, 1.54) is 19.2 Å². The molecule has 2 N–H and O–H groups in total. The van der Waals surface area contributed by atoms with Crippen molar-refractivity contribution in [1.29, 1.82) is 0 Å². The molecule has 0 atom stereocenters. The molecule has 1 aromatic carbocycles. The minimum atomic E-state index is -3.56. The molecule has 0 fully saturated rings. The van der Waals surface area contributed by atoms with Gasteiger partial charge in [0.15, 0.2) is 0 Å². The molecule has 0 unspecified atom stereocenters. The first-order valence-corrected chi connectivity index (χ1v) is 6.89. The van der Waals surface area contributed by atoms with Crippen molar-refractivity contribution >= 4 is 8.80 Å². The zero-order valence-corrected chi connectivity index (χ0v) is 9.91. The van der Waals surface area contributed by atoms with Crippen molar-refractivity contribution in [1.82, 2.24) is 0 Å². The molecule has 16 heavy (non-hydrogen) atoms. The Bertz CT molecular complexity index is 358. The van der Waals surface area contributed by atoms with E-state index < -0.39 is 20.4 Å². The number of hydrogen-bond acceptors (Lipinski definition) is 3. The molecule has 0 heterocycles. The molecular weight excluding hydrogens is 234 g/mol. The highest BCUT2D eigenvalue weighted by Gasteiger charge is 2.29. The van der Waals surface area contributed by atoms with Crippen molar-refractivity contribution < 1.29 is 22.8 Å². The average Bonchev–Trinajstić information content (AvgIpc) is 2.21. The molecule has 0 saturated heterocycles. The summed E-state index contributed by atoms with van der Waals surface area (Å²) in [6, 6.07) is 3.45. The normalized spacial score (nSPS) is 11.8. The van der Waals surface area contributed by atoms with Crippen LogP contribution < -0.4 is 0 Å². The van der Waals surface area contributed by atoms with E-state index in [1.807, 2.05) is 0 Å². The quantitative estimate of drug-likeness (QED) is 0.776. The van der Waals surface area contributed by atoms with Crippen molar-refractivity contribution in [3.63, 3.8) is 0 Å². The highest BCUT2D eigenvalue weighted by atomic mass is 28.4. The van der Waals surface area contributed by atoms with E-state index in [1.54, 1.807) is 0 Å². The SMILES string of the molecule is CO[Si](O)(O)CCCc1ccc(F)cc1F. The summed E-state index contributed by atoms with van der Waals surface area (Å²) in [5, 5.41) is 0. The van der Waals surface area contributed by atoms with Crippen LogP contribution in [0.15, 0.2) is 18.2 Å². The van der Waals surface area contributed by atoms with E-state index in [2.05, 4.69) is 4.43 Å². The van der Waals surface area contributed by atoms with Crippen LogP contribution in [0.3, 0.4) is 0 Å². The van der Waals surface area contributed by atoms with Gasteiger partial charge in [-0.15, -0.1) is 0 Å². The van der Waals surface area contributed by atoms with Crippen molar-refractivity contribution in [2.75, 3.05) is 7.11 Å². The summed E-state index contributed by atoms with van der Waals surface area (Å²) in [5.74, 6) is -1.23. The molecule has 0 aromatic heterocycles. The van der Waals surface area contributed by atoms with E-state index in [-0.39, 0.29) is 6.04 Å². The minimum Gasteiger partial charge on any atom is -0.390 e. The first-order chi connectivity index (χ1) is 7.44. The lowest BCUT2D eigenvalue weighted by atomic mass is 10.1. The lowest BCUT2D eigenvalue weighted by Gasteiger charge is -2.14. The van der Waals surface area contributed by atoms with Crippen LogP contribution in [0.1, 0.15) is 12.0 Å². The molecule has 1 aromatic rings. The standard InChI is InChI=1S/C10H14F2O3Si/c1-15-16(13,14)6-2-3-8-4-5-9(11)7-10(8)12/h4-5,7,13-14H,2-3,6H2,1H3. The summed E-state index contributed by atoms with van der Waals surface area (Å²) < 4.78 is 30.3. The lowest BCUT2D eigenvalue weighted by Crippen LogP contribution is -2.37. The van der Waals surface area contributed by atoms with Crippen LogP contribution in [0.2, 0.25) is 6.04 Å². The largest absolute Gasteiger partial charge is 0.495 e. The van der Waals surface area contributed by atoms with Crippen molar-refractivity contribution in [3.05, 3.63) is 35.4 Å². The molecule has 0 spiro atoms. The Morgan fingerprint density at radius 2 is 2.00 bits per heavy atom. The zero-order valence-electron chi connectivity index (χ0n) is 8.91. The molecule has 6 heteroatoms. The van der Waals surface area contributed by atoms with Gasteiger partial charge in [-0.2, -0.15) is 0 Å². The Kier molecular flexibility index (Phi) is 4.54. The second-order valence-corrected chi connectivity index (χ2v) is 5.93. The second kappa shape index (κ2) is 5.49. The van der Waals surface area contributed by atoms with E-state index in [9.17, 15) is 18.4 Å². The second-order valence-electron chi connectivity index (χ2n) is 3.54. The fraction of sp³-hybridized carbons (Fsp3) is 0.400. The summed E-state index contributed by atoms with van der Waals surface area (Å²) in [6.45, 7) is 0. The summed E-state index contributed by atoms with van der Waals surface area (Å²) in [5.41, 5.74) is 0.363.